The molecule has 0 saturated carbocycles. The van der Waals surface area contributed by atoms with Crippen molar-refractivity contribution in [2.45, 2.75) is 13.0 Å². The minimum atomic E-state index is -0.230. The second kappa shape index (κ2) is 9.95. The van der Waals surface area contributed by atoms with Crippen LogP contribution in [-0.4, -0.2) is 46.5 Å². The van der Waals surface area contributed by atoms with Gasteiger partial charge in [-0.15, -0.1) is 0 Å². The zero-order chi connectivity index (χ0) is 23.2. The van der Waals surface area contributed by atoms with E-state index in [4.69, 9.17) is 9.47 Å². The van der Waals surface area contributed by atoms with Crippen LogP contribution < -0.4 is 15.0 Å². The molecule has 0 aliphatic rings. The summed E-state index contributed by atoms with van der Waals surface area (Å²) in [5, 5.41) is 0.513. The molecule has 0 atom stereocenters. The Morgan fingerprint density at radius 3 is 2.52 bits per heavy atom. The zero-order valence-electron chi connectivity index (χ0n) is 18.4. The molecule has 33 heavy (non-hydrogen) atoms. The number of hydrogen-bond donors (Lipinski definition) is 1. The maximum absolute atomic E-state index is 13.3. The van der Waals surface area contributed by atoms with E-state index in [1.54, 1.807) is 61.8 Å². The minimum Gasteiger partial charge on any atom is -0.493 e. The van der Waals surface area contributed by atoms with Crippen molar-refractivity contribution in [3.05, 3.63) is 94.3 Å². The number of methoxy groups -OCH3 is 2. The first-order valence-electron chi connectivity index (χ1n) is 10.5. The number of nitrogens with one attached hydrogen (secondary N) is 1. The number of aromatic nitrogens is 3. The number of benzene rings is 2. The third-order valence-electron chi connectivity index (χ3n) is 5.34. The van der Waals surface area contributed by atoms with Crippen molar-refractivity contribution in [2.24, 2.45) is 0 Å². The predicted molar refractivity (Wildman–Crippen MR) is 125 cm³/mol. The van der Waals surface area contributed by atoms with Gasteiger partial charge in [-0.1, -0.05) is 18.2 Å². The first-order chi connectivity index (χ1) is 16.1. The third kappa shape index (κ3) is 5.01. The lowest BCUT2D eigenvalue weighted by Crippen LogP contribution is -2.34. The summed E-state index contributed by atoms with van der Waals surface area (Å²) < 4.78 is 10.7. The van der Waals surface area contributed by atoms with E-state index in [2.05, 4.69) is 15.0 Å². The van der Waals surface area contributed by atoms with Gasteiger partial charge in [-0.25, -0.2) is 4.98 Å². The lowest BCUT2D eigenvalue weighted by Gasteiger charge is -2.23. The van der Waals surface area contributed by atoms with Crippen LogP contribution in [-0.2, 0) is 13.0 Å². The highest BCUT2D eigenvalue weighted by atomic mass is 16.5. The fourth-order valence-corrected chi connectivity index (χ4v) is 3.62. The SMILES string of the molecule is COc1ccc(CCN(Cc2nc3ccccc3c(=O)[nH]2)C(=O)c2ccncc2)cc1OC. The molecular weight excluding hydrogens is 420 g/mol. The molecule has 4 rings (SSSR count). The van der Waals surface area contributed by atoms with Crippen molar-refractivity contribution < 1.29 is 14.3 Å². The second-order valence-corrected chi connectivity index (χ2v) is 7.43. The maximum Gasteiger partial charge on any atom is 0.258 e. The molecule has 0 unspecified atom stereocenters. The number of pyridine rings is 1. The van der Waals surface area contributed by atoms with Crippen molar-refractivity contribution in [2.75, 3.05) is 20.8 Å². The van der Waals surface area contributed by atoms with Crippen molar-refractivity contribution in [3.8, 4) is 11.5 Å². The van der Waals surface area contributed by atoms with Gasteiger partial charge in [0.15, 0.2) is 11.5 Å². The molecule has 1 amide bonds. The van der Waals surface area contributed by atoms with Crippen LogP contribution in [0.5, 0.6) is 11.5 Å². The summed E-state index contributed by atoms with van der Waals surface area (Å²) >= 11 is 0. The molecule has 0 bridgehead atoms. The first-order valence-corrected chi connectivity index (χ1v) is 10.5. The van der Waals surface area contributed by atoms with E-state index in [-0.39, 0.29) is 18.0 Å². The van der Waals surface area contributed by atoms with E-state index in [9.17, 15) is 9.59 Å². The normalized spacial score (nSPS) is 10.7. The largest absolute Gasteiger partial charge is 0.493 e. The van der Waals surface area contributed by atoms with Crippen molar-refractivity contribution in [1.29, 1.82) is 0 Å². The number of aromatic amines is 1. The van der Waals surface area contributed by atoms with Gasteiger partial charge in [0.05, 0.1) is 31.7 Å². The van der Waals surface area contributed by atoms with Crippen LogP contribution >= 0.6 is 0 Å². The van der Waals surface area contributed by atoms with Gasteiger partial charge in [-0.3, -0.25) is 14.6 Å². The highest BCUT2D eigenvalue weighted by Gasteiger charge is 2.18. The summed E-state index contributed by atoms with van der Waals surface area (Å²) in [6.45, 7) is 0.571. The fraction of sp³-hybridized carbons (Fsp3) is 0.200. The van der Waals surface area contributed by atoms with E-state index in [1.807, 2.05) is 24.3 Å². The number of carbonyl (C=O) groups is 1. The van der Waals surface area contributed by atoms with Crippen LogP contribution in [0.4, 0.5) is 0 Å². The lowest BCUT2D eigenvalue weighted by molar-refractivity contribution is 0.0740. The van der Waals surface area contributed by atoms with Gasteiger partial charge in [0.1, 0.15) is 5.82 Å². The fourth-order valence-electron chi connectivity index (χ4n) is 3.62. The molecule has 4 aromatic rings. The van der Waals surface area contributed by atoms with Crippen molar-refractivity contribution >= 4 is 16.8 Å². The molecule has 2 heterocycles. The highest BCUT2D eigenvalue weighted by molar-refractivity contribution is 5.94. The number of para-hydroxylation sites is 1. The number of nitrogens with zero attached hydrogens (tertiary/aromatic N) is 3. The Bertz CT molecular complexity index is 1320. The van der Waals surface area contributed by atoms with Gasteiger partial charge in [-0.2, -0.15) is 0 Å². The topological polar surface area (TPSA) is 97.4 Å². The zero-order valence-corrected chi connectivity index (χ0v) is 18.4. The van der Waals surface area contributed by atoms with E-state index in [0.29, 0.717) is 46.8 Å². The van der Waals surface area contributed by atoms with Gasteiger partial charge in [0.2, 0.25) is 0 Å². The van der Waals surface area contributed by atoms with Crippen LogP contribution in [0, 0.1) is 0 Å². The number of amides is 1. The average Bonchev–Trinajstić information content (AvgIpc) is 2.86. The molecule has 0 radical (unpaired) electrons. The monoisotopic (exact) mass is 444 g/mol. The molecule has 168 valence electrons. The van der Waals surface area contributed by atoms with E-state index < -0.39 is 0 Å². The third-order valence-corrected chi connectivity index (χ3v) is 5.34. The van der Waals surface area contributed by atoms with Gasteiger partial charge in [0, 0.05) is 24.5 Å². The van der Waals surface area contributed by atoms with Gasteiger partial charge in [-0.05, 0) is 48.4 Å². The number of ether oxygens (including phenoxy) is 2. The summed E-state index contributed by atoms with van der Waals surface area (Å²) in [7, 11) is 3.17. The summed E-state index contributed by atoms with van der Waals surface area (Å²) in [4.78, 5) is 38.8. The summed E-state index contributed by atoms with van der Waals surface area (Å²) in [6, 6.07) is 16.1. The van der Waals surface area contributed by atoms with Crippen LogP contribution in [0.15, 0.2) is 71.8 Å². The minimum absolute atomic E-state index is 0.161. The van der Waals surface area contributed by atoms with E-state index >= 15 is 0 Å². The molecule has 0 spiro atoms. The number of rotatable bonds is 8. The van der Waals surface area contributed by atoms with E-state index in [1.165, 1.54) is 0 Å². The smallest absolute Gasteiger partial charge is 0.258 e. The van der Waals surface area contributed by atoms with Crippen LogP contribution in [0.25, 0.3) is 10.9 Å². The van der Waals surface area contributed by atoms with Crippen molar-refractivity contribution in [1.82, 2.24) is 19.9 Å². The predicted octanol–water partition coefficient (Wildman–Crippen LogP) is 3.22. The first kappa shape index (κ1) is 22.0. The average molecular weight is 444 g/mol. The van der Waals surface area contributed by atoms with Crippen LogP contribution in [0.1, 0.15) is 21.7 Å². The Morgan fingerprint density at radius 2 is 1.76 bits per heavy atom. The molecule has 2 aromatic carbocycles. The molecule has 0 aliphatic carbocycles. The van der Waals surface area contributed by atoms with Crippen molar-refractivity contribution in [3.63, 3.8) is 0 Å². The molecule has 0 saturated heterocycles. The summed E-state index contributed by atoms with van der Waals surface area (Å²) in [5.74, 6) is 1.52. The summed E-state index contributed by atoms with van der Waals surface area (Å²) in [5.41, 5.74) is 1.86. The Hall–Kier alpha value is -4.20. The Labute approximate surface area is 190 Å². The Kier molecular flexibility index (Phi) is 6.64. The highest BCUT2D eigenvalue weighted by Crippen LogP contribution is 2.27. The standard InChI is InChI=1S/C25H24N4O4/c1-32-21-8-7-17(15-22(21)33-2)11-14-29(25(31)18-9-12-26-13-10-18)16-23-27-20-6-4-3-5-19(20)24(30)28-23/h3-10,12-13,15H,11,14,16H2,1-2H3,(H,27,28,30). The molecular formula is C25H24N4O4. The quantitative estimate of drug-likeness (QED) is 0.448. The van der Waals surface area contributed by atoms with Gasteiger partial charge < -0.3 is 19.4 Å². The van der Waals surface area contributed by atoms with Gasteiger partial charge >= 0.3 is 0 Å². The number of carbonyl (C=O) groups excluding carboxylic acids is 1. The molecule has 2 aromatic heterocycles. The second-order valence-electron chi connectivity index (χ2n) is 7.43. The van der Waals surface area contributed by atoms with E-state index in [0.717, 1.165) is 5.56 Å². The van der Waals surface area contributed by atoms with Gasteiger partial charge in [0.25, 0.3) is 11.5 Å². The maximum atomic E-state index is 13.3. The number of fused-ring (bicyclic) bond motifs is 1. The van der Waals surface area contributed by atoms with Crippen LogP contribution in [0.2, 0.25) is 0 Å². The number of hydrogen-bond acceptors (Lipinski definition) is 6. The lowest BCUT2D eigenvalue weighted by atomic mass is 10.1. The van der Waals surface area contributed by atoms with Crippen LogP contribution in [0.3, 0.4) is 0 Å². The Morgan fingerprint density at radius 1 is 1.00 bits per heavy atom. The Balaban J connectivity index is 1.61. The molecule has 0 aliphatic heterocycles. The molecule has 8 heteroatoms. The number of H-pyrrole nitrogens is 1. The molecule has 1 N–H and O–H groups in total. The molecule has 8 nitrogen and oxygen atoms in total. The summed E-state index contributed by atoms with van der Waals surface area (Å²) in [6.07, 6.45) is 3.74. The molecule has 0 fully saturated rings.